The first kappa shape index (κ1) is 17.1. The van der Waals surface area contributed by atoms with Crippen molar-refractivity contribution in [3.8, 4) is 9.88 Å². The number of nitrogens with zero attached hydrogens (tertiary/aromatic N) is 2. The van der Waals surface area contributed by atoms with Crippen LogP contribution in [0.2, 0.25) is 0 Å². The van der Waals surface area contributed by atoms with Gasteiger partial charge in [0.2, 0.25) is 0 Å². The molecule has 0 unspecified atom stereocenters. The molecule has 0 radical (unpaired) electrons. The largest absolute Gasteiger partial charge is 0.451 e. The second-order valence-corrected chi connectivity index (χ2v) is 8.14. The first-order valence-corrected chi connectivity index (χ1v) is 9.73. The van der Waals surface area contributed by atoms with Crippen LogP contribution in [0.4, 0.5) is 0 Å². The highest BCUT2D eigenvalue weighted by Gasteiger charge is 2.26. The number of thiophene rings is 1. The lowest BCUT2D eigenvalue weighted by atomic mass is 9.92. The van der Waals surface area contributed by atoms with Crippen LogP contribution in [-0.4, -0.2) is 41.5 Å². The number of hydrogen-bond acceptors (Lipinski definition) is 6. The molecule has 24 heavy (non-hydrogen) atoms. The molecule has 128 valence electrons. The number of esters is 1. The van der Waals surface area contributed by atoms with Crippen LogP contribution in [0.25, 0.3) is 9.88 Å². The van der Waals surface area contributed by atoms with Gasteiger partial charge >= 0.3 is 5.97 Å². The summed E-state index contributed by atoms with van der Waals surface area (Å²) in [6, 6.07) is 3.90. The van der Waals surface area contributed by atoms with Gasteiger partial charge in [-0.25, -0.2) is 9.78 Å². The minimum Gasteiger partial charge on any atom is -0.451 e. The van der Waals surface area contributed by atoms with Gasteiger partial charge in [0.15, 0.2) is 12.3 Å². The molecule has 0 N–H and O–H groups in total. The van der Waals surface area contributed by atoms with Crippen LogP contribution >= 0.6 is 22.7 Å². The van der Waals surface area contributed by atoms with Crippen molar-refractivity contribution in [2.75, 3.05) is 19.7 Å². The van der Waals surface area contributed by atoms with Crippen LogP contribution in [0.15, 0.2) is 22.9 Å². The number of rotatable bonds is 4. The molecule has 0 aliphatic carbocycles. The SMILES string of the molecule is C[C@@H]1C[C@H](C)CN(C(=O)COC(=O)c2csc(-c3cccs3)n2)C1. The Hall–Kier alpha value is -1.73. The first-order valence-electron chi connectivity index (χ1n) is 7.97. The Morgan fingerprint density at radius 1 is 1.29 bits per heavy atom. The Kier molecular flexibility index (Phi) is 5.30. The van der Waals surface area contributed by atoms with Crippen LogP contribution in [-0.2, 0) is 9.53 Å². The van der Waals surface area contributed by atoms with Gasteiger partial charge in [-0.05, 0) is 29.7 Å². The van der Waals surface area contributed by atoms with Crippen molar-refractivity contribution in [1.29, 1.82) is 0 Å². The summed E-state index contributed by atoms with van der Waals surface area (Å²) in [5.41, 5.74) is 0.261. The Morgan fingerprint density at radius 2 is 2.04 bits per heavy atom. The van der Waals surface area contributed by atoms with E-state index in [1.54, 1.807) is 21.6 Å². The maximum atomic E-state index is 12.2. The van der Waals surface area contributed by atoms with Crippen molar-refractivity contribution in [2.45, 2.75) is 20.3 Å². The molecular formula is C17H20N2O3S2. The fourth-order valence-electron chi connectivity index (χ4n) is 3.04. The molecule has 2 aromatic heterocycles. The number of likely N-dealkylation sites (tertiary alicyclic amines) is 1. The molecule has 0 saturated carbocycles. The topological polar surface area (TPSA) is 59.5 Å². The number of ether oxygens (including phenoxy) is 1. The summed E-state index contributed by atoms with van der Waals surface area (Å²) in [4.78, 5) is 31.5. The molecule has 1 saturated heterocycles. The zero-order valence-electron chi connectivity index (χ0n) is 13.7. The Balaban J connectivity index is 1.54. The minimum absolute atomic E-state index is 0.129. The third-order valence-electron chi connectivity index (χ3n) is 3.99. The van der Waals surface area contributed by atoms with E-state index in [4.69, 9.17) is 4.74 Å². The number of carbonyl (C=O) groups excluding carboxylic acids is 2. The summed E-state index contributed by atoms with van der Waals surface area (Å²) in [6.07, 6.45) is 1.13. The van der Waals surface area contributed by atoms with Crippen LogP contribution in [0.1, 0.15) is 30.8 Å². The van der Waals surface area contributed by atoms with Crippen LogP contribution < -0.4 is 0 Å². The number of hydrogen-bond donors (Lipinski definition) is 0. The lowest BCUT2D eigenvalue weighted by Crippen LogP contribution is -2.44. The lowest BCUT2D eigenvalue weighted by Gasteiger charge is -2.34. The Morgan fingerprint density at radius 3 is 2.71 bits per heavy atom. The Bertz CT molecular complexity index is 701. The van der Waals surface area contributed by atoms with Gasteiger partial charge in [-0.3, -0.25) is 4.79 Å². The molecule has 2 atom stereocenters. The van der Waals surface area contributed by atoms with Gasteiger partial charge in [-0.1, -0.05) is 19.9 Å². The van der Waals surface area contributed by atoms with Crippen LogP contribution in [0.5, 0.6) is 0 Å². The zero-order chi connectivity index (χ0) is 17.1. The van der Waals surface area contributed by atoms with E-state index in [1.165, 1.54) is 11.3 Å². The molecule has 5 nitrogen and oxygen atoms in total. The van der Waals surface area contributed by atoms with E-state index in [-0.39, 0.29) is 18.2 Å². The highest BCUT2D eigenvalue weighted by molar-refractivity contribution is 7.20. The maximum Gasteiger partial charge on any atom is 0.358 e. The number of carbonyl (C=O) groups is 2. The lowest BCUT2D eigenvalue weighted by molar-refractivity contribution is -0.137. The fraction of sp³-hybridized carbons (Fsp3) is 0.471. The van der Waals surface area contributed by atoms with E-state index in [2.05, 4.69) is 18.8 Å². The normalized spacial score (nSPS) is 20.8. The van der Waals surface area contributed by atoms with Gasteiger partial charge in [0, 0.05) is 18.5 Å². The fourth-order valence-corrected chi connectivity index (χ4v) is 4.64. The quantitative estimate of drug-likeness (QED) is 0.779. The molecular weight excluding hydrogens is 344 g/mol. The second-order valence-electron chi connectivity index (χ2n) is 6.34. The average Bonchev–Trinajstić information content (AvgIpc) is 3.21. The van der Waals surface area contributed by atoms with Crippen molar-refractivity contribution in [3.05, 3.63) is 28.6 Å². The van der Waals surface area contributed by atoms with E-state index in [0.29, 0.717) is 11.8 Å². The second kappa shape index (κ2) is 7.44. The van der Waals surface area contributed by atoms with Crippen molar-refractivity contribution in [2.24, 2.45) is 11.8 Å². The molecule has 3 heterocycles. The highest BCUT2D eigenvalue weighted by Crippen LogP contribution is 2.28. The van der Waals surface area contributed by atoms with Gasteiger partial charge in [-0.15, -0.1) is 22.7 Å². The Labute approximate surface area is 149 Å². The van der Waals surface area contributed by atoms with E-state index in [1.807, 2.05) is 17.5 Å². The summed E-state index contributed by atoms with van der Waals surface area (Å²) in [6.45, 7) is 5.54. The van der Waals surface area contributed by atoms with Gasteiger partial charge < -0.3 is 9.64 Å². The van der Waals surface area contributed by atoms with Crippen molar-refractivity contribution < 1.29 is 14.3 Å². The molecule has 1 fully saturated rings. The third-order valence-corrected chi connectivity index (χ3v) is 5.87. The molecule has 2 aromatic rings. The zero-order valence-corrected chi connectivity index (χ0v) is 15.4. The molecule has 7 heteroatoms. The number of aromatic nitrogens is 1. The smallest absolute Gasteiger partial charge is 0.358 e. The van der Waals surface area contributed by atoms with E-state index >= 15 is 0 Å². The van der Waals surface area contributed by atoms with Crippen molar-refractivity contribution in [1.82, 2.24) is 9.88 Å². The van der Waals surface area contributed by atoms with Gasteiger partial charge in [0.25, 0.3) is 5.91 Å². The summed E-state index contributed by atoms with van der Waals surface area (Å²) < 4.78 is 5.16. The van der Waals surface area contributed by atoms with E-state index < -0.39 is 5.97 Å². The molecule has 3 rings (SSSR count). The minimum atomic E-state index is -0.541. The average molecular weight is 364 g/mol. The summed E-state index contributed by atoms with van der Waals surface area (Å²) in [5, 5.41) is 4.43. The molecule has 0 aromatic carbocycles. The highest BCUT2D eigenvalue weighted by atomic mass is 32.1. The number of amides is 1. The number of thiazole rings is 1. The van der Waals surface area contributed by atoms with E-state index in [9.17, 15) is 9.59 Å². The monoisotopic (exact) mass is 364 g/mol. The molecule has 1 aliphatic heterocycles. The molecule has 1 amide bonds. The molecule has 1 aliphatic rings. The molecule has 0 bridgehead atoms. The summed E-state index contributed by atoms with van der Waals surface area (Å²) >= 11 is 2.98. The van der Waals surface area contributed by atoms with Gasteiger partial charge in [-0.2, -0.15) is 0 Å². The summed E-state index contributed by atoms with van der Waals surface area (Å²) in [5.74, 6) is 0.302. The van der Waals surface area contributed by atoms with Crippen LogP contribution in [0, 0.1) is 11.8 Å². The summed E-state index contributed by atoms with van der Waals surface area (Å²) in [7, 11) is 0. The van der Waals surface area contributed by atoms with Crippen LogP contribution in [0.3, 0.4) is 0 Å². The van der Waals surface area contributed by atoms with E-state index in [0.717, 1.165) is 29.4 Å². The third kappa shape index (κ3) is 4.02. The van der Waals surface area contributed by atoms with Gasteiger partial charge in [0.1, 0.15) is 5.01 Å². The van der Waals surface area contributed by atoms with Crippen molar-refractivity contribution >= 4 is 34.6 Å². The predicted molar refractivity (Wildman–Crippen MR) is 95.2 cm³/mol. The number of piperidine rings is 1. The standard InChI is InChI=1S/C17H20N2O3S2/c1-11-6-12(2)8-19(7-11)15(20)9-22-17(21)13-10-24-16(18-13)14-4-3-5-23-14/h3-5,10-12H,6-9H2,1-2H3/t11-,12+. The maximum absolute atomic E-state index is 12.2. The van der Waals surface area contributed by atoms with Gasteiger partial charge in [0.05, 0.1) is 4.88 Å². The van der Waals surface area contributed by atoms with Crippen molar-refractivity contribution in [3.63, 3.8) is 0 Å². The molecule has 0 spiro atoms. The first-order chi connectivity index (χ1) is 11.5. The predicted octanol–water partition coefficient (Wildman–Crippen LogP) is 3.53.